The third kappa shape index (κ3) is 9.09. The molecule has 0 aliphatic heterocycles. The number of methoxy groups -OCH3 is 2. The van der Waals surface area contributed by atoms with Crippen molar-refractivity contribution in [1.29, 1.82) is 0 Å². The zero-order valence-corrected chi connectivity index (χ0v) is 24.0. The fraction of sp³-hybridized carbons (Fsp3) is 0.176. The minimum Gasteiger partial charge on any atom is -0.493 e. The molecule has 0 atom stereocenters. The molecule has 0 radical (unpaired) electrons. The second-order valence-electron chi connectivity index (χ2n) is 9.27. The summed E-state index contributed by atoms with van der Waals surface area (Å²) >= 11 is 0. The number of carbonyl (C=O) groups is 2. The van der Waals surface area contributed by atoms with E-state index in [1.165, 1.54) is 6.07 Å². The van der Waals surface area contributed by atoms with Crippen LogP contribution < -0.4 is 29.6 Å². The van der Waals surface area contributed by atoms with Gasteiger partial charge in [-0.15, -0.1) is 0 Å². The van der Waals surface area contributed by atoms with E-state index in [4.69, 9.17) is 18.9 Å². The Bertz CT molecular complexity index is 1540. The Morgan fingerprint density at radius 1 is 0.767 bits per heavy atom. The first-order chi connectivity index (χ1) is 21.0. The lowest BCUT2D eigenvalue weighted by atomic mass is 10.1. The molecule has 0 fully saturated rings. The topological polar surface area (TPSA) is 95.1 Å². The minimum absolute atomic E-state index is 0.0909. The maximum atomic E-state index is 13.7. The van der Waals surface area contributed by atoms with Gasteiger partial charge in [0, 0.05) is 12.1 Å². The molecular formula is C34H33FN2O6. The number of hydrogen-bond donors (Lipinski definition) is 2. The van der Waals surface area contributed by atoms with Gasteiger partial charge in [0.05, 0.1) is 14.2 Å². The fourth-order valence-corrected chi connectivity index (χ4v) is 4.09. The standard InChI is InChI=1S/C34H33FN2O6/c1-40-31-17-14-25(23-32(31)41-2)18-19-36-34(39)29(37-33(38)26-8-4-3-5-9-26)22-24-12-15-27(16-13-24)42-20-21-43-30-11-7-6-10-28(30)35/h3-17,22-23H,18-21H2,1-2H3,(H,36,39)(H,37,38)/b29-22-. The lowest BCUT2D eigenvalue weighted by molar-refractivity contribution is -0.117. The van der Waals surface area contributed by atoms with Crippen LogP contribution in [0.5, 0.6) is 23.0 Å². The molecule has 4 aromatic rings. The van der Waals surface area contributed by atoms with E-state index in [0.717, 1.165) is 5.56 Å². The summed E-state index contributed by atoms with van der Waals surface area (Å²) < 4.78 is 35.4. The first-order valence-corrected chi connectivity index (χ1v) is 13.6. The van der Waals surface area contributed by atoms with Crippen LogP contribution in [0.3, 0.4) is 0 Å². The number of para-hydroxylation sites is 1. The van der Waals surface area contributed by atoms with Gasteiger partial charge < -0.3 is 29.6 Å². The SMILES string of the molecule is COc1ccc(CCNC(=O)/C(=C/c2ccc(OCCOc3ccccc3F)cc2)NC(=O)c2ccccc2)cc1OC. The van der Waals surface area contributed by atoms with Gasteiger partial charge in [0.2, 0.25) is 0 Å². The van der Waals surface area contributed by atoms with Gasteiger partial charge in [-0.05, 0) is 72.2 Å². The van der Waals surface area contributed by atoms with Crippen LogP contribution in [0.2, 0.25) is 0 Å². The van der Waals surface area contributed by atoms with Gasteiger partial charge in [-0.1, -0.05) is 48.5 Å². The van der Waals surface area contributed by atoms with Crippen molar-refractivity contribution in [3.63, 3.8) is 0 Å². The third-order valence-corrected chi connectivity index (χ3v) is 6.31. The molecule has 2 N–H and O–H groups in total. The lowest BCUT2D eigenvalue weighted by Crippen LogP contribution is -2.35. The van der Waals surface area contributed by atoms with Crippen LogP contribution in [-0.2, 0) is 11.2 Å². The molecule has 4 rings (SSSR count). The second kappa shape index (κ2) is 15.6. The Morgan fingerprint density at radius 2 is 1.47 bits per heavy atom. The van der Waals surface area contributed by atoms with Crippen molar-refractivity contribution in [3.8, 4) is 23.0 Å². The first-order valence-electron chi connectivity index (χ1n) is 13.6. The number of rotatable bonds is 14. The van der Waals surface area contributed by atoms with E-state index in [1.54, 1.807) is 87.0 Å². The first kappa shape index (κ1) is 30.6. The highest BCUT2D eigenvalue weighted by Crippen LogP contribution is 2.27. The average Bonchev–Trinajstić information content (AvgIpc) is 3.04. The monoisotopic (exact) mass is 584 g/mol. The van der Waals surface area contributed by atoms with E-state index in [1.807, 2.05) is 24.3 Å². The van der Waals surface area contributed by atoms with Crippen LogP contribution in [0.4, 0.5) is 4.39 Å². The number of carbonyl (C=O) groups excluding carboxylic acids is 2. The van der Waals surface area contributed by atoms with E-state index >= 15 is 0 Å². The van der Waals surface area contributed by atoms with Crippen LogP contribution in [0.25, 0.3) is 6.08 Å². The van der Waals surface area contributed by atoms with Gasteiger partial charge in [-0.2, -0.15) is 0 Å². The van der Waals surface area contributed by atoms with Crippen molar-refractivity contribution < 1.29 is 32.9 Å². The molecule has 0 unspecified atom stereocenters. The van der Waals surface area contributed by atoms with Crippen LogP contribution in [0.15, 0.2) is 103 Å². The summed E-state index contributed by atoms with van der Waals surface area (Å²) in [6.45, 7) is 0.709. The smallest absolute Gasteiger partial charge is 0.267 e. The molecule has 0 aliphatic rings. The van der Waals surface area contributed by atoms with E-state index < -0.39 is 17.6 Å². The maximum absolute atomic E-state index is 13.7. The Labute approximate surface area is 250 Å². The highest BCUT2D eigenvalue weighted by atomic mass is 19.1. The third-order valence-electron chi connectivity index (χ3n) is 6.31. The molecule has 2 amide bonds. The highest BCUT2D eigenvalue weighted by Gasteiger charge is 2.15. The number of benzene rings is 4. The summed E-state index contributed by atoms with van der Waals surface area (Å²) in [6, 6.07) is 27.4. The summed E-state index contributed by atoms with van der Waals surface area (Å²) in [5.41, 5.74) is 2.14. The molecule has 4 aromatic carbocycles. The van der Waals surface area contributed by atoms with Crippen LogP contribution in [-0.4, -0.2) is 45.8 Å². The number of ether oxygens (including phenoxy) is 4. The number of hydrogen-bond acceptors (Lipinski definition) is 6. The molecule has 8 nitrogen and oxygen atoms in total. The Morgan fingerprint density at radius 3 is 2.19 bits per heavy atom. The van der Waals surface area contributed by atoms with Crippen molar-refractivity contribution >= 4 is 17.9 Å². The van der Waals surface area contributed by atoms with Gasteiger partial charge in [0.15, 0.2) is 23.1 Å². The molecular weight excluding hydrogens is 551 g/mol. The summed E-state index contributed by atoms with van der Waals surface area (Å²) in [5.74, 6) is 0.691. The molecule has 0 heterocycles. The molecule has 0 spiro atoms. The van der Waals surface area contributed by atoms with Crippen molar-refractivity contribution in [3.05, 3.63) is 125 Å². The van der Waals surface area contributed by atoms with E-state index in [9.17, 15) is 14.0 Å². The molecule has 222 valence electrons. The van der Waals surface area contributed by atoms with Gasteiger partial charge in [0.25, 0.3) is 11.8 Å². The van der Waals surface area contributed by atoms with Gasteiger partial charge in [-0.3, -0.25) is 9.59 Å². The fourth-order valence-electron chi connectivity index (χ4n) is 4.09. The zero-order valence-electron chi connectivity index (χ0n) is 24.0. The van der Waals surface area contributed by atoms with Crippen molar-refractivity contribution in [2.75, 3.05) is 34.0 Å². The quantitative estimate of drug-likeness (QED) is 0.152. The molecule has 0 saturated carbocycles. The van der Waals surface area contributed by atoms with Crippen molar-refractivity contribution in [1.82, 2.24) is 10.6 Å². The predicted molar refractivity (Wildman–Crippen MR) is 162 cm³/mol. The van der Waals surface area contributed by atoms with E-state index in [-0.39, 0.29) is 24.7 Å². The van der Waals surface area contributed by atoms with Crippen LogP contribution >= 0.6 is 0 Å². The number of amides is 2. The molecule has 0 bridgehead atoms. The maximum Gasteiger partial charge on any atom is 0.267 e. The summed E-state index contributed by atoms with van der Waals surface area (Å²) in [7, 11) is 3.14. The normalized spacial score (nSPS) is 10.9. The minimum atomic E-state index is -0.435. The van der Waals surface area contributed by atoms with Gasteiger partial charge in [-0.25, -0.2) is 4.39 Å². The summed E-state index contributed by atoms with van der Waals surface area (Å²) in [6.07, 6.45) is 2.14. The molecule has 0 saturated heterocycles. The Kier molecular flexibility index (Phi) is 11.1. The second-order valence-corrected chi connectivity index (χ2v) is 9.27. The summed E-state index contributed by atoms with van der Waals surface area (Å²) in [4.78, 5) is 26.1. The Hall–Kier alpha value is -5.31. The molecule has 0 aliphatic carbocycles. The van der Waals surface area contributed by atoms with Crippen LogP contribution in [0.1, 0.15) is 21.5 Å². The highest BCUT2D eigenvalue weighted by molar-refractivity contribution is 6.05. The Balaban J connectivity index is 1.39. The molecule has 0 aromatic heterocycles. The lowest BCUT2D eigenvalue weighted by Gasteiger charge is -2.13. The van der Waals surface area contributed by atoms with Crippen LogP contribution in [0, 0.1) is 5.82 Å². The summed E-state index contributed by atoms with van der Waals surface area (Å²) in [5, 5.41) is 5.61. The van der Waals surface area contributed by atoms with Crippen molar-refractivity contribution in [2.45, 2.75) is 6.42 Å². The van der Waals surface area contributed by atoms with Gasteiger partial charge >= 0.3 is 0 Å². The predicted octanol–water partition coefficient (Wildman–Crippen LogP) is 5.43. The number of halogens is 1. The van der Waals surface area contributed by atoms with E-state index in [2.05, 4.69) is 10.6 Å². The van der Waals surface area contributed by atoms with Crippen molar-refractivity contribution in [2.24, 2.45) is 0 Å². The zero-order chi connectivity index (χ0) is 30.4. The molecule has 9 heteroatoms. The average molecular weight is 585 g/mol. The molecule has 43 heavy (non-hydrogen) atoms. The number of nitrogens with one attached hydrogen (secondary N) is 2. The largest absolute Gasteiger partial charge is 0.493 e. The van der Waals surface area contributed by atoms with Gasteiger partial charge in [0.1, 0.15) is 24.7 Å². The van der Waals surface area contributed by atoms with E-state index in [0.29, 0.717) is 41.3 Å².